The SMILES string of the molecule is CCOC(=O)c1ncn(-c2ccc(Br)cc2OC)n1. The minimum atomic E-state index is -0.544. The van der Waals surface area contributed by atoms with Gasteiger partial charge in [0.25, 0.3) is 5.82 Å². The molecule has 19 heavy (non-hydrogen) atoms. The Morgan fingerprint density at radius 3 is 2.95 bits per heavy atom. The number of hydrogen-bond donors (Lipinski definition) is 0. The highest BCUT2D eigenvalue weighted by atomic mass is 79.9. The zero-order chi connectivity index (χ0) is 13.8. The van der Waals surface area contributed by atoms with Crippen LogP contribution in [0.1, 0.15) is 17.5 Å². The fourth-order valence-electron chi connectivity index (χ4n) is 1.51. The van der Waals surface area contributed by atoms with E-state index in [-0.39, 0.29) is 12.4 Å². The van der Waals surface area contributed by atoms with Crippen molar-refractivity contribution >= 4 is 21.9 Å². The molecule has 0 amide bonds. The molecule has 7 heteroatoms. The van der Waals surface area contributed by atoms with Crippen molar-refractivity contribution in [2.24, 2.45) is 0 Å². The number of carbonyl (C=O) groups excluding carboxylic acids is 1. The summed E-state index contributed by atoms with van der Waals surface area (Å²) in [6.07, 6.45) is 1.44. The molecule has 0 fully saturated rings. The second-order valence-electron chi connectivity index (χ2n) is 3.55. The number of benzene rings is 1. The van der Waals surface area contributed by atoms with Crippen LogP contribution in [0, 0.1) is 0 Å². The molecule has 2 rings (SSSR count). The van der Waals surface area contributed by atoms with Gasteiger partial charge in [-0.05, 0) is 25.1 Å². The third-order valence-electron chi connectivity index (χ3n) is 2.34. The van der Waals surface area contributed by atoms with E-state index in [0.29, 0.717) is 11.4 Å². The first kappa shape index (κ1) is 13.5. The van der Waals surface area contributed by atoms with Gasteiger partial charge in [0, 0.05) is 4.47 Å². The fourth-order valence-corrected chi connectivity index (χ4v) is 1.85. The van der Waals surface area contributed by atoms with Crippen LogP contribution in [0.5, 0.6) is 5.75 Å². The largest absolute Gasteiger partial charge is 0.494 e. The number of methoxy groups -OCH3 is 1. The lowest BCUT2D eigenvalue weighted by Gasteiger charge is -2.07. The van der Waals surface area contributed by atoms with E-state index in [1.165, 1.54) is 11.0 Å². The van der Waals surface area contributed by atoms with Gasteiger partial charge in [-0.2, -0.15) is 0 Å². The molecule has 6 nitrogen and oxygen atoms in total. The smallest absolute Gasteiger partial charge is 0.378 e. The second kappa shape index (κ2) is 5.83. The highest BCUT2D eigenvalue weighted by Crippen LogP contribution is 2.26. The van der Waals surface area contributed by atoms with Crippen molar-refractivity contribution in [3.05, 3.63) is 34.8 Å². The summed E-state index contributed by atoms with van der Waals surface area (Å²) >= 11 is 3.36. The number of rotatable bonds is 4. The molecule has 2 aromatic rings. The predicted molar refractivity (Wildman–Crippen MR) is 71.6 cm³/mol. The minimum absolute atomic E-state index is 0.0202. The maximum absolute atomic E-state index is 11.5. The van der Waals surface area contributed by atoms with Crippen LogP contribution in [-0.4, -0.2) is 34.5 Å². The van der Waals surface area contributed by atoms with Gasteiger partial charge in [-0.15, -0.1) is 5.10 Å². The molecule has 0 saturated carbocycles. The van der Waals surface area contributed by atoms with Crippen molar-refractivity contribution in [3.63, 3.8) is 0 Å². The number of ether oxygens (including phenoxy) is 2. The van der Waals surface area contributed by atoms with Gasteiger partial charge in [0.15, 0.2) is 0 Å². The number of nitrogens with zero attached hydrogens (tertiary/aromatic N) is 3. The molecule has 0 aliphatic heterocycles. The number of esters is 1. The Kier molecular flexibility index (Phi) is 4.16. The number of halogens is 1. The maximum Gasteiger partial charge on any atom is 0.378 e. The van der Waals surface area contributed by atoms with Gasteiger partial charge < -0.3 is 9.47 Å². The highest BCUT2D eigenvalue weighted by molar-refractivity contribution is 9.10. The molecule has 0 bridgehead atoms. The van der Waals surface area contributed by atoms with E-state index in [9.17, 15) is 4.79 Å². The molecule has 100 valence electrons. The van der Waals surface area contributed by atoms with E-state index in [1.54, 1.807) is 20.1 Å². The van der Waals surface area contributed by atoms with Gasteiger partial charge >= 0.3 is 5.97 Å². The van der Waals surface area contributed by atoms with Crippen molar-refractivity contribution in [2.75, 3.05) is 13.7 Å². The molecule has 1 heterocycles. The summed E-state index contributed by atoms with van der Waals surface area (Å²) in [6, 6.07) is 5.47. The molecular formula is C12H12BrN3O3. The summed E-state index contributed by atoms with van der Waals surface area (Å²) in [5.41, 5.74) is 0.689. The van der Waals surface area contributed by atoms with Crippen LogP contribution in [0.25, 0.3) is 5.69 Å². The van der Waals surface area contributed by atoms with Gasteiger partial charge in [0.05, 0.1) is 13.7 Å². The van der Waals surface area contributed by atoms with E-state index in [2.05, 4.69) is 26.0 Å². The molecule has 0 N–H and O–H groups in total. The monoisotopic (exact) mass is 325 g/mol. The zero-order valence-corrected chi connectivity index (χ0v) is 12.0. The summed E-state index contributed by atoms with van der Waals surface area (Å²) in [5, 5.41) is 4.07. The van der Waals surface area contributed by atoms with Crippen LogP contribution >= 0.6 is 15.9 Å². The maximum atomic E-state index is 11.5. The summed E-state index contributed by atoms with van der Waals surface area (Å²) in [7, 11) is 1.56. The van der Waals surface area contributed by atoms with Crippen LogP contribution in [0.2, 0.25) is 0 Å². The summed E-state index contributed by atoms with van der Waals surface area (Å²) in [4.78, 5) is 15.4. The van der Waals surface area contributed by atoms with Crippen molar-refractivity contribution < 1.29 is 14.3 Å². The van der Waals surface area contributed by atoms with Crippen LogP contribution in [0.4, 0.5) is 0 Å². The van der Waals surface area contributed by atoms with E-state index >= 15 is 0 Å². The first-order chi connectivity index (χ1) is 9.15. The van der Waals surface area contributed by atoms with Crippen molar-refractivity contribution in [3.8, 4) is 11.4 Å². The quantitative estimate of drug-likeness (QED) is 0.806. The topological polar surface area (TPSA) is 66.2 Å². The van der Waals surface area contributed by atoms with E-state index in [1.807, 2.05) is 12.1 Å². The molecule has 0 radical (unpaired) electrons. The molecule has 0 aliphatic carbocycles. The van der Waals surface area contributed by atoms with Crippen LogP contribution in [0.15, 0.2) is 29.0 Å². The Hall–Kier alpha value is -1.89. The molecule has 0 saturated heterocycles. The lowest BCUT2D eigenvalue weighted by atomic mass is 10.3. The average Bonchev–Trinajstić information content (AvgIpc) is 2.88. The second-order valence-corrected chi connectivity index (χ2v) is 4.47. The highest BCUT2D eigenvalue weighted by Gasteiger charge is 2.14. The van der Waals surface area contributed by atoms with Gasteiger partial charge in [-0.1, -0.05) is 15.9 Å². The summed E-state index contributed by atoms with van der Waals surface area (Å²) in [6.45, 7) is 2.02. The van der Waals surface area contributed by atoms with Crippen LogP contribution in [0.3, 0.4) is 0 Å². The zero-order valence-electron chi connectivity index (χ0n) is 10.5. The van der Waals surface area contributed by atoms with Gasteiger partial charge in [0.1, 0.15) is 17.8 Å². The Morgan fingerprint density at radius 1 is 1.47 bits per heavy atom. The van der Waals surface area contributed by atoms with Gasteiger partial charge in [-0.3, -0.25) is 0 Å². The average molecular weight is 326 g/mol. The predicted octanol–water partition coefficient (Wildman–Crippen LogP) is 2.22. The Balaban J connectivity index is 2.35. The molecule has 1 aromatic carbocycles. The number of hydrogen-bond acceptors (Lipinski definition) is 5. The van der Waals surface area contributed by atoms with Gasteiger partial charge in [0.2, 0.25) is 0 Å². The first-order valence-corrected chi connectivity index (χ1v) is 6.37. The first-order valence-electron chi connectivity index (χ1n) is 5.58. The minimum Gasteiger partial charge on any atom is -0.494 e. The van der Waals surface area contributed by atoms with Crippen molar-refractivity contribution in [2.45, 2.75) is 6.92 Å². The normalized spacial score (nSPS) is 10.3. The standard InChI is InChI=1S/C12H12BrN3O3/c1-3-19-12(17)11-14-7-16(15-11)9-5-4-8(13)6-10(9)18-2/h4-7H,3H2,1-2H3. The third-order valence-corrected chi connectivity index (χ3v) is 2.83. The Labute approximate surface area is 118 Å². The fraction of sp³-hybridized carbons (Fsp3) is 0.250. The molecule has 1 aromatic heterocycles. The molecular weight excluding hydrogens is 314 g/mol. The van der Waals surface area contributed by atoms with Crippen molar-refractivity contribution in [1.82, 2.24) is 14.8 Å². The van der Waals surface area contributed by atoms with Crippen LogP contribution < -0.4 is 4.74 Å². The van der Waals surface area contributed by atoms with Crippen molar-refractivity contribution in [1.29, 1.82) is 0 Å². The molecule has 0 aliphatic rings. The van der Waals surface area contributed by atoms with Crippen LogP contribution in [-0.2, 0) is 4.74 Å². The Bertz CT molecular complexity index is 598. The van der Waals surface area contributed by atoms with E-state index in [0.717, 1.165) is 4.47 Å². The molecule has 0 unspecified atom stereocenters. The molecule has 0 spiro atoms. The number of carbonyl (C=O) groups is 1. The molecule has 0 atom stereocenters. The lowest BCUT2D eigenvalue weighted by Crippen LogP contribution is -2.08. The summed E-state index contributed by atoms with van der Waals surface area (Å²) in [5.74, 6) is 0.0961. The summed E-state index contributed by atoms with van der Waals surface area (Å²) < 4.78 is 12.5. The van der Waals surface area contributed by atoms with Gasteiger partial charge in [-0.25, -0.2) is 14.5 Å². The van der Waals surface area contributed by atoms with E-state index in [4.69, 9.17) is 9.47 Å². The number of aromatic nitrogens is 3. The Morgan fingerprint density at radius 2 is 2.26 bits per heavy atom. The third kappa shape index (κ3) is 2.93. The van der Waals surface area contributed by atoms with E-state index < -0.39 is 5.97 Å². The lowest BCUT2D eigenvalue weighted by molar-refractivity contribution is 0.0512.